The highest BCUT2D eigenvalue weighted by Crippen LogP contribution is 2.31. The Hall–Kier alpha value is -2.16. The third kappa shape index (κ3) is 2.57. The molecular formula is C11H7F3N4OS. The Labute approximate surface area is 114 Å². The van der Waals surface area contributed by atoms with Gasteiger partial charge >= 0.3 is 12.1 Å². The van der Waals surface area contributed by atoms with Gasteiger partial charge in [-0.15, -0.1) is 11.3 Å². The summed E-state index contributed by atoms with van der Waals surface area (Å²) < 4.78 is 43.0. The van der Waals surface area contributed by atoms with Crippen LogP contribution in [0.3, 0.4) is 0 Å². The minimum atomic E-state index is -4.62. The van der Waals surface area contributed by atoms with Gasteiger partial charge in [0.1, 0.15) is 0 Å². The second kappa shape index (κ2) is 4.75. The van der Waals surface area contributed by atoms with Gasteiger partial charge in [0.05, 0.1) is 11.4 Å². The first-order chi connectivity index (χ1) is 9.52. The fourth-order valence-electron chi connectivity index (χ4n) is 1.58. The molecule has 0 aromatic carbocycles. The van der Waals surface area contributed by atoms with Crippen LogP contribution in [-0.4, -0.2) is 19.9 Å². The number of aromatic nitrogens is 4. The van der Waals surface area contributed by atoms with Crippen LogP contribution in [0, 0.1) is 0 Å². The predicted octanol–water partition coefficient (Wildman–Crippen LogP) is 3.06. The highest BCUT2D eigenvalue weighted by molar-refractivity contribution is 7.15. The Bertz CT molecular complexity index is 701. The van der Waals surface area contributed by atoms with Gasteiger partial charge in [0.25, 0.3) is 0 Å². The SMILES string of the molecule is FC(F)(F)c1nc(-c2ccc(Cn3cccn3)s2)no1. The Morgan fingerprint density at radius 1 is 1.30 bits per heavy atom. The van der Waals surface area contributed by atoms with Crippen molar-refractivity contribution in [2.75, 3.05) is 0 Å². The molecule has 3 aromatic rings. The molecular weight excluding hydrogens is 293 g/mol. The van der Waals surface area contributed by atoms with Gasteiger partial charge in [0.2, 0.25) is 5.82 Å². The number of halogens is 3. The highest BCUT2D eigenvalue weighted by Gasteiger charge is 2.38. The predicted molar refractivity (Wildman–Crippen MR) is 63.9 cm³/mol. The van der Waals surface area contributed by atoms with Gasteiger partial charge in [-0.1, -0.05) is 5.16 Å². The molecule has 5 nitrogen and oxygen atoms in total. The maximum Gasteiger partial charge on any atom is 0.471 e. The third-order valence-corrected chi connectivity index (χ3v) is 3.49. The molecule has 20 heavy (non-hydrogen) atoms. The van der Waals surface area contributed by atoms with Crippen molar-refractivity contribution in [3.05, 3.63) is 41.4 Å². The van der Waals surface area contributed by atoms with Gasteiger partial charge in [-0.25, -0.2) is 0 Å². The van der Waals surface area contributed by atoms with Gasteiger partial charge in [-0.05, 0) is 18.2 Å². The largest absolute Gasteiger partial charge is 0.471 e. The molecule has 0 bridgehead atoms. The van der Waals surface area contributed by atoms with Gasteiger partial charge in [-0.3, -0.25) is 4.68 Å². The summed E-state index contributed by atoms with van der Waals surface area (Å²) in [6.07, 6.45) is -1.17. The van der Waals surface area contributed by atoms with Crippen LogP contribution in [0.25, 0.3) is 10.7 Å². The average Bonchev–Trinajstić information content (AvgIpc) is 3.08. The molecule has 0 fully saturated rings. The van der Waals surface area contributed by atoms with E-state index in [0.717, 1.165) is 4.88 Å². The first kappa shape index (κ1) is 12.9. The molecule has 0 saturated heterocycles. The fraction of sp³-hybridized carbons (Fsp3) is 0.182. The quantitative estimate of drug-likeness (QED) is 0.746. The van der Waals surface area contributed by atoms with Gasteiger partial charge in [-0.2, -0.15) is 23.3 Å². The fourth-order valence-corrected chi connectivity index (χ4v) is 2.50. The number of nitrogens with zero attached hydrogens (tertiary/aromatic N) is 4. The first-order valence-electron chi connectivity index (χ1n) is 5.50. The topological polar surface area (TPSA) is 56.7 Å². The molecule has 0 atom stereocenters. The zero-order valence-corrected chi connectivity index (χ0v) is 10.6. The van der Waals surface area contributed by atoms with Crippen LogP contribution in [0.1, 0.15) is 10.8 Å². The average molecular weight is 300 g/mol. The Morgan fingerprint density at radius 2 is 2.15 bits per heavy atom. The Balaban J connectivity index is 1.81. The minimum absolute atomic E-state index is 0.0611. The zero-order chi connectivity index (χ0) is 14.2. The lowest BCUT2D eigenvalue weighted by molar-refractivity contribution is -0.159. The first-order valence-corrected chi connectivity index (χ1v) is 6.31. The molecule has 9 heteroatoms. The summed E-state index contributed by atoms with van der Waals surface area (Å²) in [5, 5.41) is 7.40. The summed E-state index contributed by atoms with van der Waals surface area (Å²) in [6, 6.07) is 5.25. The molecule has 0 N–H and O–H groups in total. The van der Waals surface area contributed by atoms with E-state index in [9.17, 15) is 13.2 Å². The smallest absolute Gasteiger partial charge is 0.329 e. The van der Waals surface area contributed by atoms with Crippen molar-refractivity contribution in [3.63, 3.8) is 0 Å². The summed E-state index contributed by atoms with van der Waals surface area (Å²) >= 11 is 1.29. The van der Waals surface area contributed by atoms with Gasteiger partial charge in [0.15, 0.2) is 0 Å². The van der Waals surface area contributed by atoms with Crippen molar-refractivity contribution in [2.45, 2.75) is 12.7 Å². The molecule has 0 aliphatic rings. The maximum atomic E-state index is 12.4. The van der Waals surface area contributed by atoms with Crippen molar-refractivity contribution in [1.82, 2.24) is 19.9 Å². The van der Waals surface area contributed by atoms with Crippen molar-refractivity contribution in [2.24, 2.45) is 0 Å². The normalized spacial score (nSPS) is 11.9. The summed E-state index contributed by atoms with van der Waals surface area (Å²) in [6.45, 7) is 0.543. The molecule has 3 aromatic heterocycles. The van der Waals surface area contributed by atoms with E-state index >= 15 is 0 Å². The van der Waals surface area contributed by atoms with Crippen LogP contribution in [0.2, 0.25) is 0 Å². The van der Waals surface area contributed by atoms with E-state index in [2.05, 4.69) is 19.8 Å². The monoisotopic (exact) mass is 300 g/mol. The minimum Gasteiger partial charge on any atom is -0.329 e. The summed E-state index contributed by atoms with van der Waals surface area (Å²) in [5.74, 6) is -1.40. The molecule has 0 unspecified atom stereocenters. The van der Waals surface area contributed by atoms with Crippen molar-refractivity contribution < 1.29 is 17.7 Å². The third-order valence-electron chi connectivity index (χ3n) is 2.43. The van der Waals surface area contributed by atoms with Crippen LogP contribution in [-0.2, 0) is 12.7 Å². The van der Waals surface area contributed by atoms with E-state index < -0.39 is 12.1 Å². The van der Waals surface area contributed by atoms with E-state index in [0.29, 0.717) is 11.4 Å². The van der Waals surface area contributed by atoms with Gasteiger partial charge < -0.3 is 4.52 Å². The Kier molecular flexibility index (Phi) is 3.05. The zero-order valence-electron chi connectivity index (χ0n) is 9.83. The summed E-state index contributed by atoms with van der Waals surface area (Å²) in [7, 11) is 0. The lowest BCUT2D eigenvalue weighted by Crippen LogP contribution is -2.04. The summed E-state index contributed by atoms with van der Waals surface area (Å²) in [5.41, 5.74) is 0. The molecule has 0 radical (unpaired) electrons. The molecule has 0 aliphatic carbocycles. The van der Waals surface area contributed by atoms with E-state index in [1.807, 2.05) is 0 Å². The maximum absolute atomic E-state index is 12.4. The number of rotatable bonds is 3. The lowest BCUT2D eigenvalue weighted by Gasteiger charge is -1.96. The summed E-state index contributed by atoms with van der Waals surface area (Å²) in [4.78, 5) is 4.80. The second-order valence-corrected chi connectivity index (χ2v) is 5.06. The molecule has 104 valence electrons. The number of thiophene rings is 1. The number of hydrogen-bond donors (Lipinski definition) is 0. The molecule has 3 rings (SSSR count). The standard InChI is InChI=1S/C11H7F3N4OS/c12-11(13,14)10-16-9(17-19-10)8-3-2-7(20-8)6-18-5-1-4-15-18/h1-5H,6H2. The van der Waals surface area contributed by atoms with E-state index in [1.165, 1.54) is 11.3 Å². The Morgan fingerprint density at radius 3 is 2.80 bits per heavy atom. The van der Waals surface area contributed by atoms with Crippen LogP contribution in [0.15, 0.2) is 35.1 Å². The molecule has 3 heterocycles. The highest BCUT2D eigenvalue weighted by atomic mass is 32.1. The van der Waals surface area contributed by atoms with Gasteiger partial charge in [0, 0.05) is 17.3 Å². The molecule has 0 aliphatic heterocycles. The van der Waals surface area contributed by atoms with Crippen LogP contribution in [0.5, 0.6) is 0 Å². The molecule has 0 amide bonds. The molecule has 0 spiro atoms. The molecule has 0 saturated carbocycles. The van der Waals surface area contributed by atoms with Crippen LogP contribution < -0.4 is 0 Å². The van der Waals surface area contributed by atoms with E-state index in [-0.39, 0.29) is 5.82 Å². The number of alkyl halides is 3. The number of hydrogen-bond acceptors (Lipinski definition) is 5. The lowest BCUT2D eigenvalue weighted by atomic mass is 10.4. The van der Waals surface area contributed by atoms with E-state index in [4.69, 9.17) is 0 Å². The van der Waals surface area contributed by atoms with Crippen LogP contribution in [0.4, 0.5) is 13.2 Å². The second-order valence-electron chi connectivity index (χ2n) is 3.89. The van der Waals surface area contributed by atoms with Crippen molar-refractivity contribution in [1.29, 1.82) is 0 Å². The van der Waals surface area contributed by atoms with Crippen molar-refractivity contribution >= 4 is 11.3 Å². The van der Waals surface area contributed by atoms with Crippen molar-refractivity contribution in [3.8, 4) is 10.7 Å². The van der Waals surface area contributed by atoms with Crippen LogP contribution >= 0.6 is 11.3 Å². The van der Waals surface area contributed by atoms with E-state index in [1.54, 1.807) is 35.3 Å².